The Morgan fingerprint density at radius 2 is 2.19 bits per heavy atom. The number of ether oxygens (including phenoxy) is 1. The number of alkyl carbamates (subject to hydrolysis) is 1. The highest BCUT2D eigenvalue weighted by atomic mass is 16.6. The lowest BCUT2D eigenvalue weighted by molar-refractivity contribution is -0.385. The number of para-hydroxylation sites is 1. The highest BCUT2D eigenvalue weighted by Crippen LogP contribution is 2.28. The van der Waals surface area contributed by atoms with Crippen LogP contribution in [-0.2, 0) is 4.74 Å². The van der Waals surface area contributed by atoms with Crippen LogP contribution < -0.4 is 5.32 Å². The Kier molecular flexibility index (Phi) is 2.72. The molecule has 1 aliphatic rings. The van der Waals surface area contributed by atoms with Crippen molar-refractivity contribution in [3.8, 4) is 0 Å². The van der Waals surface area contributed by atoms with Crippen molar-refractivity contribution in [2.24, 2.45) is 0 Å². The second kappa shape index (κ2) is 4.18. The highest BCUT2D eigenvalue weighted by Gasteiger charge is 2.26. The maximum atomic E-state index is 11.0. The molecule has 0 aromatic heterocycles. The Hall–Kier alpha value is -2.11. The van der Waals surface area contributed by atoms with Gasteiger partial charge in [-0.3, -0.25) is 10.1 Å². The summed E-state index contributed by atoms with van der Waals surface area (Å²) in [6.45, 7) is 0.280. The number of carbonyl (C=O) groups excluding carboxylic acids is 1. The Morgan fingerprint density at radius 3 is 2.88 bits per heavy atom. The molecule has 0 unspecified atom stereocenters. The first-order valence-corrected chi connectivity index (χ1v) is 4.85. The lowest BCUT2D eigenvalue weighted by Gasteiger charge is -2.23. The molecule has 1 aromatic rings. The third-order valence-corrected chi connectivity index (χ3v) is 2.44. The van der Waals surface area contributed by atoms with Crippen molar-refractivity contribution in [2.45, 2.75) is 12.5 Å². The number of nitrogens with one attached hydrogen (secondary N) is 1. The molecule has 2 rings (SSSR count). The van der Waals surface area contributed by atoms with Crippen molar-refractivity contribution in [1.29, 1.82) is 0 Å². The van der Waals surface area contributed by atoms with Gasteiger partial charge < -0.3 is 10.1 Å². The zero-order valence-electron chi connectivity index (χ0n) is 8.38. The van der Waals surface area contributed by atoms with Gasteiger partial charge in [-0.25, -0.2) is 4.79 Å². The fraction of sp³-hybridized carbons (Fsp3) is 0.300. The summed E-state index contributed by atoms with van der Waals surface area (Å²) in [5.74, 6) is 0. The molecule has 0 aliphatic carbocycles. The van der Waals surface area contributed by atoms with Crippen LogP contribution in [0.5, 0.6) is 0 Å². The number of nitro groups is 1. The van der Waals surface area contributed by atoms with E-state index in [0.717, 1.165) is 0 Å². The smallest absolute Gasteiger partial charge is 0.407 e. The predicted octanol–water partition coefficient (Wildman–Crippen LogP) is 1.77. The number of cyclic esters (lactones) is 1. The molecule has 1 saturated heterocycles. The van der Waals surface area contributed by atoms with Gasteiger partial charge in [0.25, 0.3) is 5.69 Å². The Morgan fingerprint density at radius 1 is 1.44 bits per heavy atom. The number of benzene rings is 1. The summed E-state index contributed by atoms with van der Waals surface area (Å²) in [6.07, 6.45) is 0.00533. The van der Waals surface area contributed by atoms with Crippen molar-refractivity contribution in [1.82, 2.24) is 5.32 Å². The number of hydrogen-bond acceptors (Lipinski definition) is 4. The molecule has 0 spiro atoms. The van der Waals surface area contributed by atoms with Crippen LogP contribution in [0.4, 0.5) is 10.5 Å². The normalized spacial score (nSPS) is 19.8. The molecular formula is C10H10N2O4. The van der Waals surface area contributed by atoms with Crippen molar-refractivity contribution in [2.75, 3.05) is 6.61 Å². The number of nitrogens with zero attached hydrogens (tertiary/aromatic N) is 1. The van der Waals surface area contributed by atoms with Crippen LogP contribution in [0.25, 0.3) is 0 Å². The predicted molar refractivity (Wildman–Crippen MR) is 54.9 cm³/mol. The van der Waals surface area contributed by atoms with Crippen LogP contribution in [0, 0.1) is 10.1 Å². The first-order valence-electron chi connectivity index (χ1n) is 4.85. The zero-order valence-corrected chi connectivity index (χ0v) is 8.38. The average molecular weight is 222 g/mol. The van der Waals surface area contributed by atoms with Gasteiger partial charge in [-0.1, -0.05) is 18.2 Å². The van der Waals surface area contributed by atoms with Gasteiger partial charge >= 0.3 is 6.09 Å². The van der Waals surface area contributed by atoms with Gasteiger partial charge in [0.15, 0.2) is 0 Å². The van der Waals surface area contributed by atoms with Crippen LogP contribution in [0.15, 0.2) is 24.3 Å². The number of hydrogen-bond donors (Lipinski definition) is 1. The van der Waals surface area contributed by atoms with Gasteiger partial charge in [0.1, 0.15) is 0 Å². The van der Waals surface area contributed by atoms with Gasteiger partial charge in [-0.15, -0.1) is 0 Å². The first-order chi connectivity index (χ1) is 7.68. The topological polar surface area (TPSA) is 81.5 Å². The zero-order chi connectivity index (χ0) is 11.5. The van der Waals surface area contributed by atoms with Crippen LogP contribution in [0.1, 0.15) is 18.0 Å². The van der Waals surface area contributed by atoms with Crippen molar-refractivity contribution < 1.29 is 14.5 Å². The fourth-order valence-corrected chi connectivity index (χ4v) is 1.71. The van der Waals surface area contributed by atoms with E-state index < -0.39 is 11.0 Å². The van der Waals surface area contributed by atoms with Gasteiger partial charge in [0.2, 0.25) is 0 Å². The van der Waals surface area contributed by atoms with Gasteiger partial charge in [-0.2, -0.15) is 0 Å². The van der Waals surface area contributed by atoms with E-state index in [1.165, 1.54) is 6.07 Å². The summed E-state index contributed by atoms with van der Waals surface area (Å²) in [7, 11) is 0. The van der Waals surface area contributed by atoms with Crippen LogP contribution in [-0.4, -0.2) is 17.6 Å². The first kappa shape index (κ1) is 10.4. The minimum Gasteiger partial charge on any atom is -0.449 e. The van der Waals surface area contributed by atoms with E-state index in [1.54, 1.807) is 18.2 Å². The second-order valence-corrected chi connectivity index (χ2v) is 3.44. The van der Waals surface area contributed by atoms with Crippen molar-refractivity contribution in [3.63, 3.8) is 0 Å². The van der Waals surface area contributed by atoms with Gasteiger partial charge in [0, 0.05) is 12.5 Å². The largest absolute Gasteiger partial charge is 0.449 e. The third kappa shape index (κ3) is 1.95. The molecule has 0 saturated carbocycles. The second-order valence-electron chi connectivity index (χ2n) is 3.44. The lowest BCUT2D eigenvalue weighted by Crippen LogP contribution is -2.35. The van der Waals surface area contributed by atoms with Gasteiger partial charge in [-0.05, 0) is 0 Å². The van der Waals surface area contributed by atoms with E-state index in [1.807, 2.05) is 0 Å². The minimum absolute atomic E-state index is 0.0229. The molecule has 1 aromatic carbocycles. The minimum atomic E-state index is -0.533. The molecule has 0 bridgehead atoms. The van der Waals surface area contributed by atoms with E-state index in [2.05, 4.69) is 5.32 Å². The maximum Gasteiger partial charge on any atom is 0.407 e. The Balaban J connectivity index is 2.32. The monoisotopic (exact) mass is 222 g/mol. The standard InChI is InChI=1S/C10H10N2O4/c13-10-11-8(5-6-16-10)7-3-1-2-4-9(7)12(14)15/h1-4,8H,5-6H2,(H,11,13)/t8-/m1/s1. The molecule has 0 radical (unpaired) electrons. The summed E-state index contributed by atoms with van der Waals surface area (Å²) in [6, 6.07) is 6.04. The lowest BCUT2D eigenvalue weighted by atomic mass is 10.0. The molecule has 6 nitrogen and oxygen atoms in total. The quantitative estimate of drug-likeness (QED) is 0.610. The average Bonchev–Trinajstić information content (AvgIpc) is 2.29. The molecule has 1 heterocycles. The van der Waals surface area contributed by atoms with E-state index in [-0.39, 0.29) is 18.3 Å². The molecule has 1 N–H and O–H groups in total. The molecule has 1 fully saturated rings. The Labute approximate surface area is 91.4 Å². The van der Waals surface area contributed by atoms with Crippen molar-refractivity contribution >= 4 is 11.8 Å². The van der Waals surface area contributed by atoms with E-state index in [0.29, 0.717) is 12.0 Å². The van der Waals surface area contributed by atoms with Crippen LogP contribution in [0.2, 0.25) is 0 Å². The molecule has 84 valence electrons. The van der Waals surface area contributed by atoms with Crippen molar-refractivity contribution in [3.05, 3.63) is 39.9 Å². The van der Waals surface area contributed by atoms with Gasteiger partial charge in [0.05, 0.1) is 23.1 Å². The molecule has 1 aliphatic heterocycles. The SMILES string of the molecule is O=C1N[C@@H](c2ccccc2[N+](=O)[O-])CCO1. The summed E-state index contributed by atoms with van der Waals surface area (Å²) >= 11 is 0. The fourth-order valence-electron chi connectivity index (χ4n) is 1.71. The Bertz CT molecular complexity index is 433. The number of nitro benzene ring substituents is 1. The maximum absolute atomic E-state index is 11.0. The third-order valence-electron chi connectivity index (χ3n) is 2.44. The highest BCUT2D eigenvalue weighted by molar-refractivity contribution is 5.69. The van der Waals surface area contributed by atoms with Crippen LogP contribution in [0.3, 0.4) is 0 Å². The summed E-state index contributed by atoms with van der Waals surface area (Å²) in [4.78, 5) is 21.4. The molecule has 6 heteroatoms. The van der Waals surface area contributed by atoms with E-state index >= 15 is 0 Å². The van der Waals surface area contributed by atoms with Crippen LogP contribution >= 0.6 is 0 Å². The van der Waals surface area contributed by atoms with E-state index in [4.69, 9.17) is 4.74 Å². The molecular weight excluding hydrogens is 212 g/mol. The number of rotatable bonds is 2. The number of carbonyl (C=O) groups is 1. The molecule has 1 amide bonds. The number of amides is 1. The molecule has 16 heavy (non-hydrogen) atoms. The summed E-state index contributed by atoms with van der Waals surface area (Å²) in [5, 5.41) is 13.4. The summed E-state index contributed by atoms with van der Waals surface area (Å²) < 4.78 is 4.71. The molecule has 1 atom stereocenters. The summed E-state index contributed by atoms with van der Waals surface area (Å²) in [5.41, 5.74) is 0.541. The van der Waals surface area contributed by atoms with E-state index in [9.17, 15) is 14.9 Å².